The number of hydrogen-bond acceptors (Lipinski definition) is 5. The summed E-state index contributed by atoms with van der Waals surface area (Å²) in [6.45, 7) is 4.86. The lowest BCUT2D eigenvalue weighted by atomic mass is 10.0. The fraction of sp³-hybridized carbons (Fsp3) is 0.897. The third kappa shape index (κ3) is 49.8. The van der Waals surface area contributed by atoms with Crippen LogP contribution in [0.4, 0.5) is 0 Å². The molecule has 2 unspecified atom stereocenters. The van der Waals surface area contributed by atoms with Crippen LogP contribution in [-0.2, 0) is 14.3 Å². The van der Waals surface area contributed by atoms with Crippen molar-refractivity contribution in [3.05, 3.63) is 24.3 Å². The van der Waals surface area contributed by atoms with Crippen molar-refractivity contribution in [1.82, 2.24) is 5.32 Å². The van der Waals surface area contributed by atoms with E-state index in [1.165, 1.54) is 205 Å². The first-order valence-corrected chi connectivity index (χ1v) is 28.6. The van der Waals surface area contributed by atoms with E-state index in [0.717, 1.165) is 77.0 Å². The summed E-state index contributed by atoms with van der Waals surface area (Å²) in [6.07, 6.45) is 64.8. The minimum absolute atomic E-state index is 0.0194. The Morgan fingerprint density at radius 3 is 1.11 bits per heavy atom. The van der Waals surface area contributed by atoms with Gasteiger partial charge in [0.2, 0.25) is 5.91 Å². The Hall–Kier alpha value is -1.66. The molecule has 0 aliphatic carbocycles. The number of nitrogens with one attached hydrogen (secondary N) is 1. The highest BCUT2D eigenvalue weighted by atomic mass is 16.5. The highest BCUT2D eigenvalue weighted by Gasteiger charge is 2.18. The molecule has 0 fully saturated rings. The second-order valence-electron chi connectivity index (χ2n) is 19.6. The van der Waals surface area contributed by atoms with Crippen molar-refractivity contribution >= 4 is 11.9 Å². The third-order valence-electron chi connectivity index (χ3n) is 13.2. The maximum absolute atomic E-state index is 12.4. The molecule has 378 valence electrons. The maximum atomic E-state index is 12.4. The van der Waals surface area contributed by atoms with Crippen LogP contribution in [0.5, 0.6) is 0 Å². The van der Waals surface area contributed by atoms with E-state index >= 15 is 0 Å². The van der Waals surface area contributed by atoms with Gasteiger partial charge in [-0.25, -0.2) is 0 Å². The van der Waals surface area contributed by atoms with Crippen molar-refractivity contribution in [3.8, 4) is 0 Å². The minimum Gasteiger partial charge on any atom is -0.466 e. The maximum Gasteiger partial charge on any atom is 0.305 e. The van der Waals surface area contributed by atoms with Crippen molar-refractivity contribution in [1.29, 1.82) is 0 Å². The van der Waals surface area contributed by atoms with E-state index in [1.54, 1.807) is 6.08 Å². The molecule has 0 saturated carbocycles. The summed E-state index contributed by atoms with van der Waals surface area (Å²) in [4.78, 5) is 24.5. The summed E-state index contributed by atoms with van der Waals surface area (Å²) < 4.78 is 5.47. The van der Waals surface area contributed by atoms with Crippen LogP contribution < -0.4 is 5.32 Å². The number of allylic oxidation sites excluding steroid dienone is 3. The normalized spacial score (nSPS) is 12.8. The Morgan fingerprint density at radius 2 is 0.734 bits per heavy atom. The molecule has 1 amide bonds. The van der Waals surface area contributed by atoms with E-state index in [0.29, 0.717) is 19.4 Å². The van der Waals surface area contributed by atoms with Gasteiger partial charge in [-0.15, -0.1) is 0 Å². The van der Waals surface area contributed by atoms with Gasteiger partial charge in [0.15, 0.2) is 0 Å². The number of carbonyl (C=O) groups excluding carboxylic acids is 2. The predicted molar refractivity (Wildman–Crippen MR) is 278 cm³/mol. The number of aliphatic hydroxyl groups is 2. The molecule has 0 saturated heterocycles. The van der Waals surface area contributed by atoms with Gasteiger partial charge in [-0.2, -0.15) is 0 Å². The van der Waals surface area contributed by atoms with E-state index in [-0.39, 0.29) is 18.5 Å². The number of esters is 1. The van der Waals surface area contributed by atoms with Crippen LogP contribution in [0.25, 0.3) is 0 Å². The number of rotatable bonds is 53. The van der Waals surface area contributed by atoms with Crippen LogP contribution in [-0.4, -0.2) is 47.4 Å². The summed E-state index contributed by atoms with van der Waals surface area (Å²) in [5.74, 6) is -0.111. The second kappa shape index (κ2) is 54.0. The fourth-order valence-electron chi connectivity index (χ4n) is 8.81. The molecule has 3 N–H and O–H groups in total. The van der Waals surface area contributed by atoms with Gasteiger partial charge in [-0.05, 0) is 64.2 Å². The summed E-state index contributed by atoms with van der Waals surface area (Å²) in [6, 6.07) is -0.646. The molecule has 0 spiro atoms. The summed E-state index contributed by atoms with van der Waals surface area (Å²) >= 11 is 0. The topological polar surface area (TPSA) is 95.9 Å². The zero-order valence-corrected chi connectivity index (χ0v) is 43.0. The van der Waals surface area contributed by atoms with Crippen LogP contribution in [0, 0.1) is 0 Å². The van der Waals surface area contributed by atoms with Crippen molar-refractivity contribution in [2.75, 3.05) is 13.2 Å². The van der Waals surface area contributed by atoms with Gasteiger partial charge in [0.1, 0.15) is 0 Å². The molecule has 0 bridgehead atoms. The molecule has 6 heteroatoms. The molecule has 0 radical (unpaired) electrons. The lowest BCUT2D eigenvalue weighted by molar-refractivity contribution is -0.143. The molecule has 64 heavy (non-hydrogen) atoms. The first kappa shape index (κ1) is 62.3. The van der Waals surface area contributed by atoms with Gasteiger partial charge in [0.25, 0.3) is 0 Å². The standard InChI is InChI=1S/C58H111NO5/c1-3-5-7-9-11-13-15-17-19-21-22-23-25-27-32-36-40-44-48-52-58(63)64-53-49-45-41-37-33-29-28-31-35-39-43-47-51-57(62)59-55(54-60)56(61)50-46-42-38-34-30-26-24-20-18-16-14-12-10-8-6-4-2/h29,33,46,50,55-56,60-61H,3-28,30-32,34-45,47-49,51-54H2,1-2H3,(H,59,62)/b33-29-,50-46+. The van der Waals surface area contributed by atoms with Gasteiger partial charge in [0, 0.05) is 12.8 Å². The first-order valence-electron chi connectivity index (χ1n) is 28.6. The lowest BCUT2D eigenvalue weighted by Crippen LogP contribution is -2.45. The minimum atomic E-state index is -0.860. The molecule has 0 rings (SSSR count). The van der Waals surface area contributed by atoms with E-state index in [4.69, 9.17) is 4.74 Å². The summed E-state index contributed by atoms with van der Waals surface area (Å²) in [5, 5.41) is 23.1. The highest BCUT2D eigenvalue weighted by Crippen LogP contribution is 2.17. The number of amides is 1. The number of unbranched alkanes of at least 4 members (excludes halogenated alkanes) is 40. The molecule has 0 aromatic heterocycles. The third-order valence-corrected chi connectivity index (χ3v) is 13.2. The predicted octanol–water partition coefficient (Wildman–Crippen LogP) is 17.5. The van der Waals surface area contributed by atoms with Crippen molar-refractivity contribution in [3.63, 3.8) is 0 Å². The van der Waals surface area contributed by atoms with Crippen molar-refractivity contribution in [2.45, 2.75) is 321 Å². The van der Waals surface area contributed by atoms with E-state index < -0.39 is 12.1 Å². The van der Waals surface area contributed by atoms with Crippen LogP contribution in [0.2, 0.25) is 0 Å². The molecular formula is C58H111NO5. The fourth-order valence-corrected chi connectivity index (χ4v) is 8.81. The number of hydrogen-bond donors (Lipinski definition) is 3. The lowest BCUT2D eigenvalue weighted by Gasteiger charge is -2.20. The Kier molecular flexibility index (Phi) is 52.6. The molecule has 0 heterocycles. The molecule has 0 aromatic rings. The highest BCUT2D eigenvalue weighted by molar-refractivity contribution is 5.76. The van der Waals surface area contributed by atoms with Crippen molar-refractivity contribution in [2.24, 2.45) is 0 Å². The molecular weight excluding hydrogens is 791 g/mol. The average Bonchev–Trinajstić information content (AvgIpc) is 3.29. The Balaban J connectivity index is 3.50. The average molecular weight is 903 g/mol. The zero-order chi connectivity index (χ0) is 46.5. The molecule has 6 nitrogen and oxygen atoms in total. The quantitative estimate of drug-likeness (QED) is 0.0321. The van der Waals surface area contributed by atoms with Gasteiger partial charge >= 0.3 is 5.97 Å². The Labute approximate surface area is 399 Å². The van der Waals surface area contributed by atoms with E-state index in [9.17, 15) is 19.8 Å². The Morgan fingerprint density at radius 1 is 0.422 bits per heavy atom. The number of ether oxygens (including phenoxy) is 1. The van der Waals surface area contributed by atoms with Crippen LogP contribution >= 0.6 is 0 Å². The van der Waals surface area contributed by atoms with Crippen molar-refractivity contribution < 1.29 is 24.5 Å². The van der Waals surface area contributed by atoms with Gasteiger partial charge < -0.3 is 20.3 Å². The molecule has 2 atom stereocenters. The number of carbonyl (C=O) groups is 2. The van der Waals surface area contributed by atoms with Crippen LogP contribution in [0.3, 0.4) is 0 Å². The SMILES string of the molecule is CCCCCCCCCCCCCCCC/C=C/C(O)C(CO)NC(=O)CCCCCCC/C=C\CCCCCOC(=O)CCCCCCCCCCCCCCCCCCCCC. The molecule has 0 aliphatic rings. The largest absolute Gasteiger partial charge is 0.466 e. The summed E-state index contributed by atoms with van der Waals surface area (Å²) in [5.41, 5.74) is 0. The van der Waals surface area contributed by atoms with E-state index in [2.05, 4.69) is 31.3 Å². The molecule has 0 aromatic carbocycles. The second-order valence-corrected chi connectivity index (χ2v) is 19.6. The van der Waals surface area contributed by atoms with Gasteiger partial charge in [0.05, 0.1) is 25.4 Å². The smallest absolute Gasteiger partial charge is 0.305 e. The van der Waals surface area contributed by atoms with Crippen LogP contribution in [0.15, 0.2) is 24.3 Å². The molecule has 0 aliphatic heterocycles. The zero-order valence-electron chi connectivity index (χ0n) is 43.0. The summed E-state index contributed by atoms with van der Waals surface area (Å²) in [7, 11) is 0. The van der Waals surface area contributed by atoms with Gasteiger partial charge in [-0.3, -0.25) is 9.59 Å². The van der Waals surface area contributed by atoms with Gasteiger partial charge in [-0.1, -0.05) is 256 Å². The van der Waals surface area contributed by atoms with E-state index in [1.807, 2.05) is 6.08 Å². The number of aliphatic hydroxyl groups excluding tert-OH is 2. The Bertz CT molecular complexity index is 997. The van der Waals surface area contributed by atoms with Crippen LogP contribution in [0.1, 0.15) is 309 Å². The monoisotopic (exact) mass is 902 g/mol. The first-order chi connectivity index (χ1) is 31.5.